The van der Waals surface area contributed by atoms with Crippen LogP contribution in [-0.2, 0) is 10.9 Å². The highest BCUT2D eigenvalue weighted by Crippen LogP contribution is 2.39. The molecule has 3 rings (SSSR count). The molecular weight excluding hydrogens is 427 g/mol. The zero-order valence-electron chi connectivity index (χ0n) is 16.3. The zero-order chi connectivity index (χ0) is 22.6. The number of amides is 1. The van der Waals surface area contributed by atoms with Gasteiger partial charge in [0.15, 0.2) is 11.5 Å². The van der Waals surface area contributed by atoms with Crippen molar-refractivity contribution in [3.05, 3.63) is 47.5 Å². The summed E-state index contributed by atoms with van der Waals surface area (Å²) in [6, 6.07) is 7.26. The topological polar surface area (TPSA) is 60.0 Å². The molecule has 1 heterocycles. The Labute approximate surface area is 174 Å². The van der Waals surface area contributed by atoms with Crippen LogP contribution in [0.5, 0.6) is 11.5 Å². The summed E-state index contributed by atoms with van der Waals surface area (Å²) in [5, 5.41) is 2.15. The van der Waals surface area contributed by atoms with Crippen molar-refractivity contribution in [1.29, 1.82) is 0 Å². The number of rotatable bonds is 6. The molecule has 31 heavy (non-hydrogen) atoms. The Bertz CT molecular complexity index is 930. The van der Waals surface area contributed by atoms with Crippen molar-refractivity contribution in [3.63, 3.8) is 0 Å². The van der Waals surface area contributed by atoms with Crippen molar-refractivity contribution in [2.24, 2.45) is 0 Å². The molecule has 1 N–H and O–H groups in total. The van der Waals surface area contributed by atoms with Crippen LogP contribution in [0.3, 0.4) is 0 Å². The molecule has 0 spiro atoms. The first-order valence-corrected chi connectivity index (χ1v) is 9.18. The van der Waals surface area contributed by atoms with Crippen LogP contribution in [0.25, 0.3) is 0 Å². The van der Waals surface area contributed by atoms with Crippen LogP contribution < -0.4 is 19.7 Å². The predicted octanol–water partition coefficient (Wildman–Crippen LogP) is 4.40. The highest BCUT2D eigenvalue weighted by molar-refractivity contribution is 6.07. The molecule has 0 atom stereocenters. The van der Waals surface area contributed by atoms with E-state index in [1.165, 1.54) is 25.3 Å². The number of alkyl halides is 5. The molecular formula is C20H19F5N2O4. The van der Waals surface area contributed by atoms with Gasteiger partial charge in [0.1, 0.15) is 0 Å². The van der Waals surface area contributed by atoms with Crippen molar-refractivity contribution < 1.29 is 41.0 Å². The third kappa shape index (κ3) is 5.35. The van der Waals surface area contributed by atoms with Crippen LogP contribution in [0.15, 0.2) is 36.4 Å². The van der Waals surface area contributed by atoms with Crippen LogP contribution in [0.2, 0.25) is 0 Å². The van der Waals surface area contributed by atoms with Crippen molar-refractivity contribution in [3.8, 4) is 11.5 Å². The Hall–Kier alpha value is -3.08. The fraction of sp³-hybridized carbons (Fsp3) is 0.350. The molecule has 0 aliphatic carbocycles. The first kappa shape index (κ1) is 22.6. The lowest BCUT2D eigenvalue weighted by Crippen LogP contribution is -2.36. The molecule has 0 saturated carbocycles. The first-order chi connectivity index (χ1) is 14.7. The summed E-state index contributed by atoms with van der Waals surface area (Å²) in [6.45, 7) is -1.62. The van der Waals surface area contributed by atoms with Gasteiger partial charge in [0.05, 0.1) is 37.1 Å². The van der Waals surface area contributed by atoms with Crippen LogP contribution in [0.1, 0.15) is 15.9 Å². The largest absolute Gasteiger partial charge is 0.493 e. The maximum Gasteiger partial charge on any atom is 0.418 e. The second-order valence-corrected chi connectivity index (χ2v) is 6.50. The number of hydrogen-bond acceptors (Lipinski definition) is 5. The number of nitrogens with one attached hydrogen (secondary N) is 1. The van der Waals surface area contributed by atoms with E-state index in [1.807, 2.05) is 0 Å². The molecule has 1 aliphatic heterocycles. The van der Waals surface area contributed by atoms with Gasteiger partial charge in [-0.1, -0.05) is 6.07 Å². The van der Waals surface area contributed by atoms with E-state index in [4.69, 9.17) is 9.47 Å². The number of halogens is 5. The van der Waals surface area contributed by atoms with Gasteiger partial charge in [-0.3, -0.25) is 4.79 Å². The molecule has 168 valence electrons. The summed E-state index contributed by atoms with van der Waals surface area (Å²) in [5.74, 6) is -1.79. The molecule has 0 unspecified atom stereocenters. The second kappa shape index (κ2) is 9.38. The van der Waals surface area contributed by atoms with Crippen LogP contribution in [-0.4, -0.2) is 45.9 Å². The summed E-state index contributed by atoms with van der Waals surface area (Å²) in [4.78, 5) is 14.4. The highest BCUT2D eigenvalue weighted by Gasteiger charge is 2.35. The predicted molar refractivity (Wildman–Crippen MR) is 102 cm³/mol. The summed E-state index contributed by atoms with van der Waals surface area (Å²) in [5.41, 5.74) is -1.65. The Morgan fingerprint density at radius 1 is 1.16 bits per heavy atom. The van der Waals surface area contributed by atoms with Crippen LogP contribution in [0.4, 0.5) is 33.3 Å². The molecule has 1 fully saturated rings. The summed E-state index contributed by atoms with van der Waals surface area (Å²) in [6.07, 6.45) is -4.76. The molecule has 0 bridgehead atoms. The molecule has 2 aromatic carbocycles. The number of carbonyl (C=O) groups is 1. The molecule has 11 heteroatoms. The molecule has 0 aromatic heterocycles. The highest BCUT2D eigenvalue weighted by atomic mass is 19.4. The van der Waals surface area contributed by atoms with Gasteiger partial charge >= 0.3 is 12.8 Å². The van der Waals surface area contributed by atoms with Gasteiger partial charge < -0.3 is 24.4 Å². The zero-order valence-corrected chi connectivity index (χ0v) is 16.3. The van der Waals surface area contributed by atoms with Gasteiger partial charge in [0, 0.05) is 18.8 Å². The number of benzene rings is 2. The molecule has 1 saturated heterocycles. The SMILES string of the molecule is COc1cccc(C(=O)Nc2ccc(N3CCOCC3)cc2C(F)(F)F)c1OC(F)F. The van der Waals surface area contributed by atoms with E-state index in [0.29, 0.717) is 32.0 Å². The first-order valence-electron chi connectivity index (χ1n) is 9.18. The minimum Gasteiger partial charge on any atom is -0.493 e. The lowest BCUT2D eigenvalue weighted by molar-refractivity contribution is -0.136. The Morgan fingerprint density at radius 2 is 1.87 bits per heavy atom. The van der Waals surface area contributed by atoms with Gasteiger partial charge in [-0.05, 0) is 30.3 Å². The normalized spacial score (nSPS) is 14.5. The molecule has 1 aliphatic rings. The third-order valence-electron chi connectivity index (χ3n) is 4.58. The smallest absolute Gasteiger partial charge is 0.418 e. The van der Waals surface area contributed by atoms with E-state index in [1.54, 1.807) is 4.90 Å². The second-order valence-electron chi connectivity index (χ2n) is 6.50. The number of anilines is 2. The van der Waals surface area contributed by atoms with Crippen molar-refractivity contribution >= 4 is 17.3 Å². The van der Waals surface area contributed by atoms with E-state index >= 15 is 0 Å². The van der Waals surface area contributed by atoms with Gasteiger partial charge in [-0.15, -0.1) is 0 Å². The van der Waals surface area contributed by atoms with Crippen molar-refractivity contribution in [2.45, 2.75) is 12.8 Å². The van der Waals surface area contributed by atoms with E-state index < -0.39 is 41.3 Å². The fourth-order valence-corrected chi connectivity index (χ4v) is 3.15. The van der Waals surface area contributed by atoms with E-state index in [-0.39, 0.29) is 5.75 Å². The quantitative estimate of drug-likeness (QED) is 0.667. The van der Waals surface area contributed by atoms with E-state index in [2.05, 4.69) is 10.1 Å². The lowest BCUT2D eigenvalue weighted by atomic mass is 10.1. The number of carbonyl (C=O) groups excluding carboxylic acids is 1. The number of nitrogens with zero attached hydrogens (tertiary/aromatic N) is 1. The fourth-order valence-electron chi connectivity index (χ4n) is 3.15. The minimum atomic E-state index is -4.76. The lowest BCUT2D eigenvalue weighted by Gasteiger charge is -2.29. The number of hydrogen-bond donors (Lipinski definition) is 1. The molecule has 2 aromatic rings. The summed E-state index contributed by atoms with van der Waals surface area (Å²) in [7, 11) is 1.18. The number of methoxy groups -OCH3 is 1. The number of para-hydroxylation sites is 1. The Morgan fingerprint density at radius 3 is 2.48 bits per heavy atom. The molecule has 6 nitrogen and oxygen atoms in total. The number of morpholine rings is 1. The standard InChI is InChI=1S/C20H19F5N2O4/c1-29-16-4-2-3-13(17(16)31-19(21)22)18(28)26-15-6-5-12(11-14(15)20(23,24)25)27-7-9-30-10-8-27/h2-6,11,19H,7-10H2,1H3,(H,26,28). The summed E-state index contributed by atoms with van der Waals surface area (Å²) >= 11 is 0. The van der Waals surface area contributed by atoms with Crippen LogP contribution in [0, 0.1) is 0 Å². The van der Waals surface area contributed by atoms with Gasteiger partial charge in [-0.25, -0.2) is 0 Å². The minimum absolute atomic E-state index is 0.160. The number of ether oxygens (including phenoxy) is 3. The molecule has 1 amide bonds. The van der Waals surface area contributed by atoms with Crippen molar-refractivity contribution in [1.82, 2.24) is 0 Å². The van der Waals surface area contributed by atoms with Gasteiger partial charge in [0.25, 0.3) is 5.91 Å². The van der Waals surface area contributed by atoms with Crippen molar-refractivity contribution in [2.75, 3.05) is 43.6 Å². The Kier molecular flexibility index (Phi) is 6.84. The molecule has 0 radical (unpaired) electrons. The maximum atomic E-state index is 13.7. The third-order valence-corrected chi connectivity index (χ3v) is 4.58. The van der Waals surface area contributed by atoms with Gasteiger partial charge in [0.2, 0.25) is 0 Å². The average Bonchev–Trinajstić information content (AvgIpc) is 2.73. The van der Waals surface area contributed by atoms with E-state index in [0.717, 1.165) is 18.2 Å². The van der Waals surface area contributed by atoms with Crippen LogP contribution >= 0.6 is 0 Å². The van der Waals surface area contributed by atoms with Gasteiger partial charge in [-0.2, -0.15) is 22.0 Å². The summed E-state index contributed by atoms with van der Waals surface area (Å²) < 4.78 is 81.1. The maximum absolute atomic E-state index is 13.7. The Balaban J connectivity index is 1.94. The monoisotopic (exact) mass is 446 g/mol. The van der Waals surface area contributed by atoms with E-state index in [9.17, 15) is 26.7 Å². The average molecular weight is 446 g/mol.